The number of unbranched alkanes of at least 4 members (excludes halogenated alkanes) is 2. The fraction of sp³-hybridized carbons (Fsp3) is 0.393. The number of carbonyl (C=O) groups is 2. The van der Waals surface area contributed by atoms with Gasteiger partial charge in [0.1, 0.15) is 0 Å². The van der Waals surface area contributed by atoms with Crippen LogP contribution in [-0.4, -0.2) is 46.0 Å². The lowest BCUT2D eigenvalue weighted by molar-refractivity contribution is -0.115. The molecule has 0 unspecified atom stereocenters. The highest BCUT2D eigenvalue weighted by molar-refractivity contribution is 5.96. The highest BCUT2D eigenvalue weighted by Gasteiger charge is 2.10. The molecule has 1 heterocycles. The van der Waals surface area contributed by atoms with Crippen molar-refractivity contribution in [3.63, 3.8) is 0 Å². The molecule has 0 aliphatic carbocycles. The first-order valence-corrected chi connectivity index (χ1v) is 12.2. The molecule has 0 atom stereocenters. The minimum atomic E-state index is -0.0879. The Bertz CT molecular complexity index is 1090. The summed E-state index contributed by atoms with van der Waals surface area (Å²) >= 11 is 0. The SMILES string of the molecule is CCN(CC)CCCCCC(=O)c1cccc(-n2cc(CC(=O)Nc3cccc(C)c3)cn2)c1. The summed E-state index contributed by atoms with van der Waals surface area (Å²) in [6.07, 6.45) is 7.43. The van der Waals surface area contributed by atoms with Gasteiger partial charge in [-0.3, -0.25) is 9.59 Å². The predicted molar refractivity (Wildman–Crippen MR) is 138 cm³/mol. The smallest absolute Gasteiger partial charge is 0.228 e. The Labute approximate surface area is 203 Å². The topological polar surface area (TPSA) is 67.2 Å². The van der Waals surface area contributed by atoms with Gasteiger partial charge in [0.2, 0.25) is 5.91 Å². The van der Waals surface area contributed by atoms with E-state index in [1.807, 2.05) is 61.7 Å². The van der Waals surface area contributed by atoms with Crippen LogP contribution in [0.4, 0.5) is 5.69 Å². The van der Waals surface area contributed by atoms with Crippen LogP contribution in [0, 0.1) is 6.92 Å². The number of aromatic nitrogens is 2. The van der Waals surface area contributed by atoms with E-state index in [0.717, 1.165) is 61.4 Å². The largest absolute Gasteiger partial charge is 0.326 e. The van der Waals surface area contributed by atoms with Gasteiger partial charge in [0.25, 0.3) is 0 Å². The fourth-order valence-electron chi connectivity index (χ4n) is 4.01. The monoisotopic (exact) mass is 460 g/mol. The maximum Gasteiger partial charge on any atom is 0.228 e. The van der Waals surface area contributed by atoms with Crippen molar-refractivity contribution < 1.29 is 9.59 Å². The molecule has 1 N–H and O–H groups in total. The van der Waals surface area contributed by atoms with Crippen LogP contribution in [0.25, 0.3) is 5.69 Å². The van der Waals surface area contributed by atoms with Crippen molar-refractivity contribution >= 4 is 17.4 Å². The number of amides is 1. The minimum Gasteiger partial charge on any atom is -0.326 e. The van der Waals surface area contributed by atoms with Gasteiger partial charge in [0, 0.05) is 23.9 Å². The van der Waals surface area contributed by atoms with E-state index in [4.69, 9.17) is 0 Å². The lowest BCUT2D eigenvalue weighted by Crippen LogP contribution is -2.23. The second-order valence-corrected chi connectivity index (χ2v) is 8.70. The maximum atomic E-state index is 12.7. The first-order chi connectivity index (χ1) is 16.5. The molecule has 0 spiro atoms. The third-order valence-corrected chi connectivity index (χ3v) is 6.01. The summed E-state index contributed by atoms with van der Waals surface area (Å²) < 4.78 is 1.72. The first-order valence-electron chi connectivity index (χ1n) is 12.2. The molecule has 0 fully saturated rings. The van der Waals surface area contributed by atoms with E-state index in [1.165, 1.54) is 0 Å². The molecule has 3 aromatic rings. The molecule has 3 rings (SSSR count). The molecule has 6 heteroatoms. The standard InChI is InChI=1S/C28H36N4O2/c1-4-31(5-2)16-8-6-7-15-27(33)24-12-10-14-26(19-24)32-21-23(20-29-32)18-28(34)30-25-13-9-11-22(3)17-25/h9-14,17,19-21H,4-8,15-16,18H2,1-3H3,(H,30,34). The highest BCUT2D eigenvalue weighted by atomic mass is 16.1. The maximum absolute atomic E-state index is 12.7. The number of carbonyl (C=O) groups excluding carboxylic acids is 2. The summed E-state index contributed by atoms with van der Waals surface area (Å²) in [5.74, 6) is 0.0738. The molecule has 2 aromatic carbocycles. The second kappa shape index (κ2) is 12.8. The van der Waals surface area contributed by atoms with Crippen LogP contribution in [0.5, 0.6) is 0 Å². The Morgan fingerprint density at radius 2 is 1.79 bits per heavy atom. The molecular weight excluding hydrogens is 424 g/mol. The average Bonchev–Trinajstić information content (AvgIpc) is 3.29. The Kier molecular flexibility index (Phi) is 9.59. The summed E-state index contributed by atoms with van der Waals surface area (Å²) in [6.45, 7) is 9.61. The summed E-state index contributed by atoms with van der Waals surface area (Å²) in [6, 6.07) is 15.3. The van der Waals surface area contributed by atoms with Gasteiger partial charge < -0.3 is 10.2 Å². The van der Waals surface area contributed by atoms with Crippen molar-refractivity contribution in [1.82, 2.24) is 14.7 Å². The van der Waals surface area contributed by atoms with Gasteiger partial charge in [-0.1, -0.05) is 44.5 Å². The van der Waals surface area contributed by atoms with Crippen molar-refractivity contribution in [2.75, 3.05) is 25.0 Å². The van der Waals surface area contributed by atoms with Crippen LogP contribution in [0.15, 0.2) is 60.9 Å². The quantitative estimate of drug-likeness (QED) is 0.272. The predicted octanol–water partition coefficient (Wildman–Crippen LogP) is 5.45. The van der Waals surface area contributed by atoms with Crippen LogP contribution in [0.2, 0.25) is 0 Å². The molecule has 6 nitrogen and oxygen atoms in total. The Hall–Kier alpha value is -3.25. The average molecular weight is 461 g/mol. The van der Waals surface area contributed by atoms with Crippen LogP contribution in [0.1, 0.15) is 61.0 Å². The number of ketones is 1. The van der Waals surface area contributed by atoms with Gasteiger partial charge in [-0.05, 0) is 74.8 Å². The van der Waals surface area contributed by atoms with E-state index in [9.17, 15) is 9.59 Å². The van der Waals surface area contributed by atoms with Gasteiger partial charge in [0.05, 0.1) is 18.3 Å². The number of hydrogen-bond acceptors (Lipinski definition) is 4. The third kappa shape index (κ3) is 7.66. The van der Waals surface area contributed by atoms with Crippen molar-refractivity contribution in [2.24, 2.45) is 0 Å². The van der Waals surface area contributed by atoms with E-state index >= 15 is 0 Å². The number of nitrogens with one attached hydrogen (secondary N) is 1. The molecule has 0 aliphatic rings. The third-order valence-electron chi connectivity index (χ3n) is 6.01. The zero-order chi connectivity index (χ0) is 24.3. The lowest BCUT2D eigenvalue weighted by Gasteiger charge is -2.17. The van der Waals surface area contributed by atoms with Crippen LogP contribution in [-0.2, 0) is 11.2 Å². The number of aryl methyl sites for hydroxylation is 1. The van der Waals surface area contributed by atoms with Crippen LogP contribution < -0.4 is 5.32 Å². The number of benzene rings is 2. The van der Waals surface area contributed by atoms with Crippen molar-refractivity contribution in [3.05, 3.63) is 77.6 Å². The molecule has 1 amide bonds. The van der Waals surface area contributed by atoms with Crippen molar-refractivity contribution in [2.45, 2.75) is 52.9 Å². The van der Waals surface area contributed by atoms with E-state index in [1.54, 1.807) is 10.9 Å². The molecule has 180 valence electrons. The Morgan fingerprint density at radius 3 is 2.56 bits per heavy atom. The van der Waals surface area contributed by atoms with Gasteiger partial charge >= 0.3 is 0 Å². The number of rotatable bonds is 13. The Balaban J connectivity index is 1.52. The number of nitrogens with zero attached hydrogens (tertiary/aromatic N) is 3. The molecule has 0 bridgehead atoms. The molecule has 0 aliphatic heterocycles. The summed E-state index contributed by atoms with van der Waals surface area (Å²) in [7, 11) is 0. The van der Waals surface area contributed by atoms with E-state index in [0.29, 0.717) is 12.0 Å². The fourth-order valence-corrected chi connectivity index (χ4v) is 4.01. The van der Waals surface area contributed by atoms with Gasteiger partial charge in [-0.15, -0.1) is 0 Å². The van der Waals surface area contributed by atoms with E-state index in [2.05, 4.69) is 29.2 Å². The van der Waals surface area contributed by atoms with Crippen molar-refractivity contribution in [1.29, 1.82) is 0 Å². The second-order valence-electron chi connectivity index (χ2n) is 8.70. The normalized spacial score (nSPS) is 11.1. The van der Waals surface area contributed by atoms with Crippen LogP contribution >= 0.6 is 0 Å². The summed E-state index contributed by atoms with van der Waals surface area (Å²) in [5.41, 5.74) is 4.22. The number of hydrogen-bond donors (Lipinski definition) is 1. The zero-order valence-corrected chi connectivity index (χ0v) is 20.6. The van der Waals surface area contributed by atoms with E-state index in [-0.39, 0.29) is 18.1 Å². The van der Waals surface area contributed by atoms with E-state index < -0.39 is 0 Å². The van der Waals surface area contributed by atoms with Crippen molar-refractivity contribution in [3.8, 4) is 5.69 Å². The van der Waals surface area contributed by atoms with Gasteiger partial charge in [-0.25, -0.2) is 4.68 Å². The summed E-state index contributed by atoms with van der Waals surface area (Å²) in [4.78, 5) is 27.5. The van der Waals surface area contributed by atoms with Gasteiger partial charge in [-0.2, -0.15) is 5.10 Å². The van der Waals surface area contributed by atoms with Crippen LogP contribution in [0.3, 0.4) is 0 Å². The van der Waals surface area contributed by atoms with Gasteiger partial charge in [0.15, 0.2) is 5.78 Å². The summed E-state index contributed by atoms with van der Waals surface area (Å²) in [5, 5.41) is 7.32. The molecule has 0 saturated heterocycles. The first kappa shape index (κ1) is 25.4. The lowest BCUT2D eigenvalue weighted by atomic mass is 10.0. The minimum absolute atomic E-state index is 0.0879. The number of Topliss-reactive ketones (excluding diaryl/α,β-unsaturated/α-hetero) is 1. The molecular formula is C28H36N4O2. The molecule has 0 radical (unpaired) electrons. The number of anilines is 1. The Morgan fingerprint density at radius 1 is 1.00 bits per heavy atom. The highest BCUT2D eigenvalue weighted by Crippen LogP contribution is 2.15. The molecule has 34 heavy (non-hydrogen) atoms. The zero-order valence-electron chi connectivity index (χ0n) is 20.6. The molecule has 1 aromatic heterocycles. The molecule has 0 saturated carbocycles.